The number of hydrogen-bond donors (Lipinski definition) is 3. The molecule has 1 atom stereocenters. The first-order valence-electron chi connectivity index (χ1n) is 7.04. The third-order valence-corrected chi connectivity index (χ3v) is 4.64. The molecule has 0 aromatic heterocycles. The number of nitrogens with one attached hydrogen (secondary N) is 1. The van der Waals surface area contributed by atoms with Gasteiger partial charge in [0, 0.05) is 0 Å². The Labute approximate surface area is 139 Å². The van der Waals surface area contributed by atoms with Crippen LogP contribution in [0.25, 0.3) is 0 Å². The summed E-state index contributed by atoms with van der Waals surface area (Å²) in [5, 5.41) is 13.8. The van der Waals surface area contributed by atoms with Crippen molar-refractivity contribution in [2.75, 3.05) is 0 Å². The van der Waals surface area contributed by atoms with Crippen molar-refractivity contribution in [1.29, 1.82) is 0 Å². The van der Waals surface area contributed by atoms with Gasteiger partial charge in [-0.05, 0) is 17.7 Å². The molecule has 7 nitrogen and oxygen atoms in total. The lowest BCUT2D eigenvalue weighted by Gasteiger charge is -2.12. The first-order valence-corrected chi connectivity index (χ1v) is 8.52. The molecule has 2 aromatic carbocycles. The van der Waals surface area contributed by atoms with Crippen LogP contribution in [0.4, 0.5) is 0 Å². The molecule has 1 aliphatic heterocycles. The van der Waals surface area contributed by atoms with E-state index in [9.17, 15) is 13.5 Å². The molecule has 0 bridgehead atoms. The highest BCUT2D eigenvalue weighted by atomic mass is 32.2. The van der Waals surface area contributed by atoms with Gasteiger partial charge < -0.3 is 15.6 Å². The Bertz CT molecular complexity index is 893. The van der Waals surface area contributed by atoms with E-state index in [1.165, 1.54) is 12.1 Å². The number of aliphatic hydroxyl groups excluding tert-OH is 1. The van der Waals surface area contributed by atoms with E-state index in [0.717, 1.165) is 0 Å². The Morgan fingerprint density at radius 3 is 2.25 bits per heavy atom. The molecule has 0 saturated carbocycles. The summed E-state index contributed by atoms with van der Waals surface area (Å²) in [5.41, 5.74) is 6.28. The van der Waals surface area contributed by atoms with Crippen LogP contribution in [0.5, 0.6) is 0 Å². The Balaban J connectivity index is 1.92. The minimum absolute atomic E-state index is 0.00166. The first kappa shape index (κ1) is 15.9. The number of nitrogens with two attached hydrogens (primary N) is 1. The van der Waals surface area contributed by atoms with E-state index < -0.39 is 16.1 Å². The molecule has 3 rings (SSSR count). The van der Waals surface area contributed by atoms with Crippen LogP contribution in [0, 0.1) is 0 Å². The maximum Gasteiger partial charge on any atom is 0.276 e. The van der Waals surface area contributed by atoms with Crippen LogP contribution in [0.15, 0.2) is 82.3 Å². The summed E-state index contributed by atoms with van der Waals surface area (Å²) in [6.45, 7) is 0. The van der Waals surface area contributed by atoms with E-state index in [2.05, 4.69) is 9.93 Å². The van der Waals surface area contributed by atoms with Crippen molar-refractivity contribution < 1.29 is 18.3 Å². The third kappa shape index (κ3) is 3.04. The number of ether oxygens (including phenoxy) is 1. The number of rotatable bonds is 4. The van der Waals surface area contributed by atoms with Gasteiger partial charge in [0.25, 0.3) is 10.0 Å². The molecule has 0 radical (unpaired) electrons. The van der Waals surface area contributed by atoms with Crippen LogP contribution in [-0.2, 0) is 14.8 Å². The van der Waals surface area contributed by atoms with Crippen molar-refractivity contribution in [3.63, 3.8) is 0 Å². The monoisotopic (exact) mass is 345 g/mol. The molecule has 0 aliphatic carbocycles. The Kier molecular flexibility index (Phi) is 4.13. The fourth-order valence-electron chi connectivity index (χ4n) is 2.22. The molecule has 24 heavy (non-hydrogen) atoms. The molecular weight excluding hydrogens is 330 g/mol. The van der Waals surface area contributed by atoms with E-state index in [0.29, 0.717) is 5.56 Å². The zero-order valence-corrected chi connectivity index (χ0v) is 13.3. The minimum atomic E-state index is -3.86. The van der Waals surface area contributed by atoms with Gasteiger partial charge in [0.05, 0.1) is 4.90 Å². The van der Waals surface area contributed by atoms with Crippen LogP contribution in [-0.4, -0.2) is 19.2 Å². The van der Waals surface area contributed by atoms with Gasteiger partial charge in [-0.3, -0.25) is 0 Å². The lowest BCUT2D eigenvalue weighted by Crippen LogP contribution is -2.22. The van der Waals surface area contributed by atoms with Crippen LogP contribution in [0.1, 0.15) is 11.7 Å². The van der Waals surface area contributed by atoms with Gasteiger partial charge in [0.15, 0.2) is 11.8 Å². The van der Waals surface area contributed by atoms with E-state index in [4.69, 9.17) is 10.5 Å². The number of benzene rings is 2. The molecule has 124 valence electrons. The maximum absolute atomic E-state index is 12.2. The first-order chi connectivity index (χ1) is 11.5. The fourth-order valence-corrected chi connectivity index (χ4v) is 3.06. The van der Waals surface area contributed by atoms with E-state index in [-0.39, 0.29) is 22.2 Å². The van der Waals surface area contributed by atoms with Gasteiger partial charge in [-0.2, -0.15) is 18.4 Å². The quantitative estimate of drug-likeness (QED) is 0.731. The van der Waals surface area contributed by atoms with Crippen molar-refractivity contribution in [3.8, 4) is 0 Å². The molecule has 0 fully saturated rings. The lowest BCUT2D eigenvalue weighted by molar-refractivity contribution is 0.179. The average Bonchev–Trinajstić information content (AvgIpc) is 2.89. The van der Waals surface area contributed by atoms with Gasteiger partial charge in [-0.15, -0.1) is 0 Å². The number of aliphatic hydroxyl groups is 1. The number of hydrogen-bond acceptors (Lipinski definition) is 6. The van der Waals surface area contributed by atoms with Crippen molar-refractivity contribution in [1.82, 2.24) is 4.83 Å². The molecule has 0 saturated heterocycles. The number of sulfonamides is 1. The smallest absolute Gasteiger partial charge is 0.276 e. The molecule has 0 amide bonds. The van der Waals surface area contributed by atoms with Gasteiger partial charge >= 0.3 is 0 Å². The largest absolute Gasteiger partial charge is 0.502 e. The zero-order chi connectivity index (χ0) is 17.2. The van der Waals surface area contributed by atoms with E-state index >= 15 is 0 Å². The highest BCUT2D eigenvalue weighted by molar-refractivity contribution is 7.89. The molecule has 8 heteroatoms. The number of nitrogens with zero attached hydrogens (tertiary/aromatic N) is 1. The van der Waals surface area contributed by atoms with Crippen LogP contribution in [0.2, 0.25) is 0 Å². The van der Waals surface area contributed by atoms with Crippen molar-refractivity contribution in [3.05, 3.63) is 77.9 Å². The summed E-state index contributed by atoms with van der Waals surface area (Å²) in [7, 11) is -3.86. The summed E-state index contributed by atoms with van der Waals surface area (Å²) in [6.07, 6.45) is -0.787. The predicted octanol–water partition coefficient (Wildman–Crippen LogP) is 1.78. The topological polar surface area (TPSA) is 114 Å². The molecule has 4 N–H and O–H groups in total. The highest BCUT2D eigenvalue weighted by Crippen LogP contribution is 2.30. The van der Waals surface area contributed by atoms with E-state index in [1.54, 1.807) is 42.5 Å². The molecule has 1 aliphatic rings. The van der Waals surface area contributed by atoms with Gasteiger partial charge in [0.1, 0.15) is 0 Å². The molecule has 0 spiro atoms. The van der Waals surface area contributed by atoms with Crippen molar-refractivity contribution in [2.45, 2.75) is 11.0 Å². The van der Waals surface area contributed by atoms with Gasteiger partial charge in [-0.25, -0.2) is 0 Å². The van der Waals surface area contributed by atoms with Gasteiger partial charge in [0.2, 0.25) is 11.6 Å². The Hall–Kier alpha value is -3.00. The summed E-state index contributed by atoms with van der Waals surface area (Å²) >= 11 is 0. The zero-order valence-electron chi connectivity index (χ0n) is 12.5. The Morgan fingerprint density at radius 2 is 1.62 bits per heavy atom. The molecular formula is C16H15N3O4S. The normalized spacial score (nSPS) is 19.3. The van der Waals surface area contributed by atoms with Crippen LogP contribution in [0.3, 0.4) is 0 Å². The molecule has 2 aromatic rings. The highest BCUT2D eigenvalue weighted by Gasteiger charge is 2.34. The lowest BCUT2D eigenvalue weighted by atomic mass is 10.1. The standard InChI is InChI=1S/C16H15N3O4S/c17-16-14(20)13(15(23-16)11-7-3-1-4-8-11)18-19-24(21,22)12-9-5-2-6-10-12/h1-10,15,19-20H,17H2/t15-/m1/s1. The molecule has 1 heterocycles. The van der Waals surface area contributed by atoms with Crippen molar-refractivity contribution in [2.24, 2.45) is 10.8 Å². The SMILES string of the molecule is NC1=C(O)C(=NNS(=O)(=O)c2ccccc2)[C@@H](c2ccccc2)O1. The summed E-state index contributed by atoms with van der Waals surface area (Å²) in [6, 6.07) is 16.7. The Morgan fingerprint density at radius 1 is 1.04 bits per heavy atom. The van der Waals surface area contributed by atoms with E-state index in [1.807, 2.05) is 6.07 Å². The summed E-state index contributed by atoms with van der Waals surface area (Å²) in [4.78, 5) is 2.15. The van der Waals surface area contributed by atoms with Crippen LogP contribution < -0.4 is 10.6 Å². The second-order valence-electron chi connectivity index (χ2n) is 5.03. The minimum Gasteiger partial charge on any atom is -0.502 e. The maximum atomic E-state index is 12.2. The summed E-state index contributed by atoms with van der Waals surface area (Å²) in [5.74, 6) is -0.596. The molecule has 0 unspecified atom stereocenters. The van der Waals surface area contributed by atoms with Gasteiger partial charge in [-0.1, -0.05) is 48.5 Å². The fraction of sp³-hybridized carbons (Fsp3) is 0.0625. The van der Waals surface area contributed by atoms with Crippen LogP contribution >= 0.6 is 0 Å². The average molecular weight is 345 g/mol. The summed E-state index contributed by atoms with van der Waals surface area (Å²) < 4.78 is 29.8. The predicted molar refractivity (Wildman–Crippen MR) is 88.3 cm³/mol. The van der Waals surface area contributed by atoms with Crippen molar-refractivity contribution >= 4 is 15.7 Å². The number of hydrazone groups is 1. The third-order valence-electron chi connectivity index (χ3n) is 3.41. The second-order valence-corrected chi connectivity index (χ2v) is 6.69. The second kappa shape index (κ2) is 6.25.